The van der Waals surface area contributed by atoms with E-state index in [4.69, 9.17) is 4.98 Å². The molecule has 1 heterocycles. The number of hydrogen-bond donors (Lipinski definition) is 1. The molecule has 1 aromatic heterocycles. The van der Waals surface area contributed by atoms with Crippen molar-refractivity contribution >= 4 is 0 Å². The number of aryl methyl sites for hydroxylation is 1. The maximum Gasteiger partial charge on any atom is 0.132 e. The Morgan fingerprint density at radius 3 is 2.67 bits per heavy atom. The number of nitrogens with one attached hydrogen (secondary N) is 1. The van der Waals surface area contributed by atoms with Crippen molar-refractivity contribution in [3.63, 3.8) is 0 Å². The van der Waals surface area contributed by atoms with Gasteiger partial charge in [0.1, 0.15) is 5.82 Å². The molecule has 0 radical (unpaired) electrons. The summed E-state index contributed by atoms with van der Waals surface area (Å²) < 4.78 is 0. The minimum Gasteiger partial charge on any atom is -0.313 e. The van der Waals surface area contributed by atoms with Gasteiger partial charge >= 0.3 is 0 Å². The standard InChI is InChI=1S/C15H25N3/c1-5-7-16-9-11-10-17-14(18-13(11)6-2)12-8-15(12,3)4/h10,12,16H,5-9H2,1-4H3. The van der Waals surface area contributed by atoms with Crippen molar-refractivity contribution in [2.75, 3.05) is 6.54 Å². The molecule has 0 bridgehead atoms. The van der Waals surface area contributed by atoms with Crippen molar-refractivity contribution in [2.45, 2.75) is 59.4 Å². The van der Waals surface area contributed by atoms with Gasteiger partial charge in [0.25, 0.3) is 0 Å². The van der Waals surface area contributed by atoms with E-state index in [0.717, 1.165) is 31.8 Å². The average molecular weight is 247 g/mol. The highest BCUT2D eigenvalue weighted by Gasteiger charge is 2.48. The predicted octanol–water partition coefficient (Wildman–Crippen LogP) is 3.05. The fourth-order valence-electron chi connectivity index (χ4n) is 2.39. The second-order valence-electron chi connectivity index (χ2n) is 5.98. The zero-order valence-electron chi connectivity index (χ0n) is 12.1. The monoisotopic (exact) mass is 247 g/mol. The molecular formula is C15H25N3. The fourth-order valence-corrected chi connectivity index (χ4v) is 2.39. The van der Waals surface area contributed by atoms with Gasteiger partial charge in [0, 0.05) is 29.9 Å². The molecule has 1 aromatic rings. The van der Waals surface area contributed by atoms with E-state index in [2.05, 4.69) is 38.0 Å². The first-order chi connectivity index (χ1) is 8.58. The Balaban J connectivity index is 2.09. The van der Waals surface area contributed by atoms with Gasteiger partial charge in [-0.2, -0.15) is 0 Å². The topological polar surface area (TPSA) is 37.8 Å². The van der Waals surface area contributed by atoms with Gasteiger partial charge in [0.05, 0.1) is 0 Å². The lowest BCUT2D eigenvalue weighted by Gasteiger charge is -2.10. The maximum absolute atomic E-state index is 4.78. The van der Waals surface area contributed by atoms with Crippen molar-refractivity contribution in [1.29, 1.82) is 0 Å². The summed E-state index contributed by atoms with van der Waals surface area (Å²) in [5, 5.41) is 3.43. The second kappa shape index (κ2) is 5.35. The van der Waals surface area contributed by atoms with E-state index >= 15 is 0 Å². The van der Waals surface area contributed by atoms with Crippen molar-refractivity contribution < 1.29 is 0 Å². The molecule has 0 spiro atoms. The Kier molecular flexibility index (Phi) is 4.00. The van der Waals surface area contributed by atoms with Crippen LogP contribution in [0.1, 0.15) is 63.5 Å². The molecule has 2 rings (SSSR count). The molecule has 0 aromatic carbocycles. The molecule has 1 unspecified atom stereocenters. The summed E-state index contributed by atoms with van der Waals surface area (Å²) in [5.41, 5.74) is 2.88. The van der Waals surface area contributed by atoms with Crippen molar-refractivity contribution in [3.8, 4) is 0 Å². The van der Waals surface area contributed by atoms with Crippen LogP contribution in [0.25, 0.3) is 0 Å². The molecular weight excluding hydrogens is 222 g/mol. The van der Waals surface area contributed by atoms with Gasteiger partial charge in [-0.15, -0.1) is 0 Å². The van der Waals surface area contributed by atoms with Crippen LogP contribution in [0.5, 0.6) is 0 Å². The second-order valence-corrected chi connectivity index (χ2v) is 5.98. The van der Waals surface area contributed by atoms with Crippen molar-refractivity contribution in [3.05, 3.63) is 23.3 Å². The summed E-state index contributed by atoms with van der Waals surface area (Å²) in [6.07, 6.45) is 5.41. The van der Waals surface area contributed by atoms with Gasteiger partial charge in [0.2, 0.25) is 0 Å². The number of nitrogens with zero attached hydrogens (tertiary/aromatic N) is 2. The van der Waals surface area contributed by atoms with Gasteiger partial charge in [-0.05, 0) is 31.2 Å². The Morgan fingerprint density at radius 1 is 1.39 bits per heavy atom. The van der Waals surface area contributed by atoms with E-state index in [1.54, 1.807) is 0 Å². The third-order valence-corrected chi connectivity index (χ3v) is 3.88. The van der Waals surface area contributed by atoms with Crippen LogP contribution in [0.2, 0.25) is 0 Å². The van der Waals surface area contributed by atoms with Crippen molar-refractivity contribution in [2.24, 2.45) is 5.41 Å². The molecule has 0 aliphatic heterocycles. The van der Waals surface area contributed by atoms with Crippen LogP contribution in [0.3, 0.4) is 0 Å². The molecule has 18 heavy (non-hydrogen) atoms. The van der Waals surface area contributed by atoms with E-state index in [0.29, 0.717) is 11.3 Å². The summed E-state index contributed by atoms with van der Waals surface area (Å²) in [6, 6.07) is 0. The highest BCUT2D eigenvalue weighted by Crippen LogP contribution is 2.57. The van der Waals surface area contributed by atoms with Crippen molar-refractivity contribution in [1.82, 2.24) is 15.3 Å². The molecule has 3 nitrogen and oxygen atoms in total. The van der Waals surface area contributed by atoms with E-state index in [-0.39, 0.29) is 0 Å². The maximum atomic E-state index is 4.78. The fraction of sp³-hybridized carbons (Fsp3) is 0.733. The average Bonchev–Trinajstić information content (AvgIpc) is 2.99. The van der Waals surface area contributed by atoms with Gasteiger partial charge in [-0.1, -0.05) is 27.7 Å². The highest BCUT2D eigenvalue weighted by atomic mass is 14.9. The third kappa shape index (κ3) is 2.89. The largest absolute Gasteiger partial charge is 0.313 e. The Hall–Kier alpha value is -0.960. The SMILES string of the molecule is CCCNCc1cnc(C2CC2(C)C)nc1CC. The van der Waals surface area contributed by atoms with E-state index < -0.39 is 0 Å². The minimum atomic E-state index is 0.410. The Labute approximate surface area is 110 Å². The van der Waals surface area contributed by atoms with Crippen LogP contribution in [0.15, 0.2) is 6.20 Å². The first-order valence-corrected chi connectivity index (χ1v) is 7.14. The Bertz CT molecular complexity index is 412. The van der Waals surface area contributed by atoms with Crippen LogP contribution in [0.4, 0.5) is 0 Å². The van der Waals surface area contributed by atoms with Crippen LogP contribution >= 0.6 is 0 Å². The molecule has 1 atom stereocenters. The first-order valence-electron chi connectivity index (χ1n) is 7.14. The molecule has 0 saturated heterocycles. The first kappa shape index (κ1) is 13.5. The van der Waals surface area contributed by atoms with Gasteiger partial charge in [-0.3, -0.25) is 0 Å². The highest BCUT2D eigenvalue weighted by molar-refractivity contribution is 5.22. The Morgan fingerprint density at radius 2 is 2.11 bits per heavy atom. The number of aromatic nitrogens is 2. The quantitative estimate of drug-likeness (QED) is 0.785. The number of rotatable bonds is 6. The summed E-state index contributed by atoms with van der Waals surface area (Å²) in [6.45, 7) is 10.9. The summed E-state index contributed by atoms with van der Waals surface area (Å²) in [4.78, 5) is 9.35. The smallest absolute Gasteiger partial charge is 0.132 e. The lowest BCUT2D eigenvalue weighted by atomic mass is 10.1. The third-order valence-electron chi connectivity index (χ3n) is 3.88. The zero-order chi connectivity index (χ0) is 13.2. The molecule has 1 aliphatic carbocycles. The lowest BCUT2D eigenvalue weighted by molar-refractivity contribution is 0.603. The van der Waals surface area contributed by atoms with E-state index in [9.17, 15) is 0 Å². The summed E-state index contributed by atoms with van der Waals surface area (Å²) >= 11 is 0. The van der Waals surface area contributed by atoms with Crippen LogP contribution < -0.4 is 5.32 Å². The van der Waals surface area contributed by atoms with E-state index in [1.807, 2.05) is 6.20 Å². The molecule has 3 heteroatoms. The van der Waals surface area contributed by atoms with Crippen LogP contribution in [-0.2, 0) is 13.0 Å². The molecule has 1 saturated carbocycles. The summed E-state index contributed by atoms with van der Waals surface area (Å²) in [5.74, 6) is 1.62. The normalized spacial score (nSPS) is 21.0. The van der Waals surface area contributed by atoms with E-state index in [1.165, 1.54) is 17.7 Å². The number of hydrogen-bond acceptors (Lipinski definition) is 3. The molecule has 1 N–H and O–H groups in total. The van der Waals surface area contributed by atoms with Crippen LogP contribution in [-0.4, -0.2) is 16.5 Å². The summed E-state index contributed by atoms with van der Waals surface area (Å²) in [7, 11) is 0. The van der Waals surface area contributed by atoms with Gasteiger partial charge in [0.15, 0.2) is 0 Å². The van der Waals surface area contributed by atoms with Crippen LogP contribution in [0, 0.1) is 5.41 Å². The molecule has 0 amide bonds. The molecule has 1 fully saturated rings. The minimum absolute atomic E-state index is 0.410. The molecule has 1 aliphatic rings. The molecule has 100 valence electrons. The van der Waals surface area contributed by atoms with Gasteiger partial charge in [-0.25, -0.2) is 9.97 Å². The van der Waals surface area contributed by atoms with Gasteiger partial charge < -0.3 is 5.32 Å². The predicted molar refractivity (Wildman–Crippen MR) is 74.5 cm³/mol. The lowest BCUT2D eigenvalue weighted by Crippen LogP contribution is -2.16. The zero-order valence-corrected chi connectivity index (χ0v) is 12.1.